The first-order valence-corrected chi connectivity index (χ1v) is 6.33. The van der Waals surface area contributed by atoms with Crippen LogP contribution in [0, 0.1) is 6.92 Å². The molecular formula is C12H9BrN4O2. The van der Waals surface area contributed by atoms with Crippen LogP contribution >= 0.6 is 15.9 Å². The molecule has 0 aliphatic rings. The summed E-state index contributed by atoms with van der Waals surface area (Å²) in [5, 5.41) is 5.99. The number of halogens is 1. The molecule has 7 heteroatoms. The lowest BCUT2D eigenvalue weighted by Crippen LogP contribution is -2.23. The van der Waals surface area contributed by atoms with Gasteiger partial charge >= 0.3 is 11.2 Å². The van der Waals surface area contributed by atoms with Gasteiger partial charge in [-0.3, -0.25) is 9.36 Å². The van der Waals surface area contributed by atoms with Crippen molar-refractivity contribution in [2.24, 2.45) is 0 Å². The van der Waals surface area contributed by atoms with E-state index >= 15 is 0 Å². The van der Waals surface area contributed by atoms with Crippen LogP contribution in [-0.4, -0.2) is 19.2 Å². The maximum atomic E-state index is 12.3. The van der Waals surface area contributed by atoms with Gasteiger partial charge in [0.25, 0.3) is 0 Å². The average Bonchev–Trinajstić information content (AvgIpc) is 2.77. The zero-order valence-corrected chi connectivity index (χ0v) is 11.5. The molecule has 0 aliphatic heterocycles. The van der Waals surface area contributed by atoms with Crippen LogP contribution in [0.3, 0.4) is 0 Å². The number of H-pyrrole nitrogens is 1. The van der Waals surface area contributed by atoms with Crippen molar-refractivity contribution in [2.45, 2.75) is 6.92 Å². The van der Waals surface area contributed by atoms with E-state index in [1.807, 2.05) is 25.1 Å². The Kier molecular flexibility index (Phi) is 2.63. The van der Waals surface area contributed by atoms with E-state index in [0.717, 1.165) is 15.7 Å². The van der Waals surface area contributed by atoms with Crippen molar-refractivity contribution in [3.05, 3.63) is 61.5 Å². The molecule has 0 unspecified atom stereocenters. The van der Waals surface area contributed by atoms with Crippen molar-refractivity contribution >= 4 is 21.6 Å². The van der Waals surface area contributed by atoms with Gasteiger partial charge in [-0.1, -0.05) is 22.0 Å². The lowest BCUT2D eigenvalue weighted by Gasteiger charge is -2.10. The second-order valence-corrected chi connectivity index (χ2v) is 4.93. The van der Waals surface area contributed by atoms with Gasteiger partial charge in [-0.2, -0.15) is 0 Å². The summed E-state index contributed by atoms with van der Waals surface area (Å²) in [5.74, 6) is 0. The number of hydrogen-bond donors (Lipinski definition) is 1. The minimum absolute atomic E-state index is 0.0758. The molecule has 19 heavy (non-hydrogen) atoms. The zero-order chi connectivity index (χ0) is 13.6. The van der Waals surface area contributed by atoms with Crippen LogP contribution in [0.1, 0.15) is 5.56 Å². The Bertz CT molecular complexity index is 891. The highest BCUT2D eigenvalue weighted by Gasteiger charge is 2.10. The normalized spacial score (nSPS) is 11.1. The fourth-order valence-electron chi connectivity index (χ4n) is 1.95. The van der Waals surface area contributed by atoms with Gasteiger partial charge in [-0.25, -0.2) is 14.3 Å². The molecule has 1 aromatic carbocycles. The maximum Gasteiger partial charge on any atom is 0.347 e. The topological polar surface area (TPSA) is 72.2 Å². The third-order valence-electron chi connectivity index (χ3n) is 2.98. The molecule has 96 valence electrons. The van der Waals surface area contributed by atoms with E-state index in [4.69, 9.17) is 0 Å². The van der Waals surface area contributed by atoms with Gasteiger partial charge in [0, 0.05) is 16.9 Å². The predicted molar refractivity (Wildman–Crippen MR) is 73.8 cm³/mol. The summed E-state index contributed by atoms with van der Waals surface area (Å²) >= 11 is 3.43. The van der Waals surface area contributed by atoms with Gasteiger partial charge in [0.1, 0.15) is 0 Å². The van der Waals surface area contributed by atoms with Crippen LogP contribution < -0.4 is 11.2 Å². The molecule has 0 bridgehead atoms. The molecule has 0 aliphatic carbocycles. The molecule has 0 atom stereocenters. The highest BCUT2D eigenvalue weighted by Crippen LogP contribution is 2.21. The van der Waals surface area contributed by atoms with Crippen LogP contribution in [0.15, 0.2) is 44.7 Å². The van der Waals surface area contributed by atoms with E-state index in [1.165, 1.54) is 15.2 Å². The van der Waals surface area contributed by atoms with Crippen LogP contribution in [0.25, 0.3) is 11.3 Å². The summed E-state index contributed by atoms with van der Waals surface area (Å²) < 4.78 is 3.57. The molecule has 0 saturated heterocycles. The first kappa shape index (κ1) is 11.9. The molecular weight excluding hydrogens is 312 g/mol. The number of aromatic amines is 1. The Hall–Kier alpha value is -2.15. The number of rotatable bonds is 1. The lowest BCUT2D eigenvalue weighted by molar-refractivity contribution is 0.931. The van der Waals surface area contributed by atoms with E-state index in [-0.39, 0.29) is 11.2 Å². The molecule has 0 amide bonds. The molecule has 0 radical (unpaired) electrons. The molecule has 3 rings (SSSR count). The van der Waals surface area contributed by atoms with E-state index in [1.54, 1.807) is 6.20 Å². The molecule has 6 nitrogen and oxygen atoms in total. The minimum Gasteiger partial charge on any atom is -0.279 e. The van der Waals surface area contributed by atoms with Crippen molar-refractivity contribution in [3.8, 4) is 5.69 Å². The molecule has 0 spiro atoms. The monoisotopic (exact) mass is 320 g/mol. The summed E-state index contributed by atoms with van der Waals surface area (Å²) in [7, 11) is 0. The summed E-state index contributed by atoms with van der Waals surface area (Å²) in [6.45, 7) is 1.91. The predicted octanol–water partition coefficient (Wildman–Crippen LogP) is 1.24. The Morgan fingerprint density at radius 1 is 1.26 bits per heavy atom. The first-order chi connectivity index (χ1) is 9.09. The van der Waals surface area contributed by atoms with Gasteiger partial charge in [0.05, 0.1) is 5.69 Å². The third-order valence-corrected chi connectivity index (χ3v) is 3.84. The SMILES string of the molecule is Cc1c(Br)cccc1-n1ccn2c(=O)[nH]nc2c1=O. The Balaban J connectivity index is 2.38. The maximum absolute atomic E-state index is 12.3. The smallest absolute Gasteiger partial charge is 0.279 e. The zero-order valence-electron chi connectivity index (χ0n) is 9.92. The van der Waals surface area contributed by atoms with Crippen molar-refractivity contribution in [1.29, 1.82) is 0 Å². The number of hydrogen-bond acceptors (Lipinski definition) is 3. The number of fused-ring (bicyclic) bond motifs is 1. The number of nitrogens with zero attached hydrogens (tertiary/aromatic N) is 3. The van der Waals surface area contributed by atoms with E-state index in [2.05, 4.69) is 26.1 Å². The first-order valence-electron chi connectivity index (χ1n) is 5.53. The number of nitrogens with one attached hydrogen (secondary N) is 1. The van der Waals surface area contributed by atoms with Crippen molar-refractivity contribution < 1.29 is 0 Å². The number of aromatic nitrogens is 4. The Morgan fingerprint density at radius 3 is 2.84 bits per heavy atom. The summed E-state index contributed by atoms with van der Waals surface area (Å²) in [6, 6.07) is 5.59. The molecule has 2 aromatic heterocycles. The summed E-state index contributed by atoms with van der Waals surface area (Å²) in [5.41, 5.74) is 0.989. The van der Waals surface area contributed by atoms with Gasteiger partial charge in [-0.05, 0) is 24.6 Å². The van der Waals surface area contributed by atoms with Gasteiger partial charge in [0.2, 0.25) is 5.65 Å². The van der Waals surface area contributed by atoms with Crippen LogP contribution in [0.4, 0.5) is 0 Å². The molecule has 2 heterocycles. The van der Waals surface area contributed by atoms with Gasteiger partial charge in [0.15, 0.2) is 0 Å². The third kappa shape index (κ3) is 1.74. The molecule has 0 saturated carbocycles. The standard InChI is InChI=1S/C12H9BrN4O2/c1-7-8(13)3-2-4-9(7)16-5-6-17-10(11(16)18)14-15-12(17)19/h2-6H,1H3,(H,15,19). The Morgan fingerprint density at radius 2 is 2.05 bits per heavy atom. The second-order valence-electron chi connectivity index (χ2n) is 4.08. The van der Waals surface area contributed by atoms with Crippen molar-refractivity contribution in [3.63, 3.8) is 0 Å². The van der Waals surface area contributed by atoms with E-state index in [9.17, 15) is 9.59 Å². The minimum atomic E-state index is -0.426. The van der Waals surface area contributed by atoms with Gasteiger partial charge < -0.3 is 0 Å². The molecule has 1 N–H and O–H groups in total. The lowest BCUT2D eigenvalue weighted by atomic mass is 10.2. The highest BCUT2D eigenvalue weighted by molar-refractivity contribution is 9.10. The largest absolute Gasteiger partial charge is 0.347 e. The van der Waals surface area contributed by atoms with Crippen LogP contribution in [-0.2, 0) is 0 Å². The summed E-state index contributed by atoms with van der Waals surface area (Å²) in [4.78, 5) is 23.7. The van der Waals surface area contributed by atoms with Crippen LogP contribution in [0.5, 0.6) is 0 Å². The van der Waals surface area contributed by atoms with E-state index < -0.39 is 5.69 Å². The van der Waals surface area contributed by atoms with E-state index in [0.29, 0.717) is 0 Å². The van der Waals surface area contributed by atoms with Crippen LogP contribution in [0.2, 0.25) is 0 Å². The molecule has 0 fully saturated rings. The Labute approximate surface area is 115 Å². The van der Waals surface area contributed by atoms with Crippen molar-refractivity contribution in [2.75, 3.05) is 0 Å². The van der Waals surface area contributed by atoms with Gasteiger partial charge in [-0.15, -0.1) is 5.10 Å². The van der Waals surface area contributed by atoms with Crippen molar-refractivity contribution in [1.82, 2.24) is 19.2 Å². The summed E-state index contributed by atoms with van der Waals surface area (Å²) in [6.07, 6.45) is 3.07. The average molecular weight is 321 g/mol. The fourth-order valence-corrected chi connectivity index (χ4v) is 2.31. The second kappa shape index (κ2) is 4.20. The highest BCUT2D eigenvalue weighted by atomic mass is 79.9. The fraction of sp³-hybridized carbons (Fsp3) is 0.0833. The molecule has 3 aromatic rings. The number of benzene rings is 1. The quantitative estimate of drug-likeness (QED) is 0.733.